The van der Waals surface area contributed by atoms with Gasteiger partial charge in [0.25, 0.3) is 0 Å². The molecule has 1 aliphatic rings. The van der Waals surface area contributed by atoms with Gasteiger partial charge >= 0.3 is 0 Å². The van der Waals surface area contributed by atoms with Crippen LogP contribution in [0.3, 0.4) is 0 Å². The van der Waals surface area contributed by atoms with Crippen molar-refractivity contribution in [1.29, 1.82) is 0 Å². The lowest BCUT2D eigenvalue weighted by Gasteiger charge is -2.11. The number of hydrogen-bond donors (Lipinski definition) is 3. The van der Waals surface area contributed by atoms with Crippen LogP contribution in [-0.4, -0.2) is 30.4 Å². The van der Waals surface area contributed by atoms with Crippen molar-refractivity contribution in [2.45, 2.75) is 38.3 Å². The van der Waals surface area contributed by atoms with Gasteiger partial charge in [-0.3, -0.25) is 9.59 Å². The highest BCUT2D eigenvalue weighted by Crippen LogP contribution is 2.18. The van der Waals surface area contributed by atoms with Gasteiger partial charge in [-0.25, -0.2) is 0 Å². The Hall–Kier alpha value is -1.10. The quantitative estimate of drug-likeness (QED) is 0.519. The molecule has 0 saturated heterocycles. The zero-order valence-electron chi connectivity index (χ0n) is 8.38. The molecule has 1 rings (SSSR count). The van der Waals surface area contributed by atoms with E-state index in [1.807, 2.05) is 6.92 Å². The highest BCUT2D eigenvalue weighted by molar-refractivity contribution is 5.79. The van der Waals surface area contributed by atoms with Gasteiger partial charge in [-0.05, 0) is 19.8 Å². The second-order valence-electron chi connectivity index (χ2n) is 3.79. The molecule has 0 aromatic carbocycles. The number of nitrogens with two attached hydrogens (primary N) is 1. The summed E-state index contributed by atoms with van der Waals surface area (Å²) in [5, 5.41) is 5.78. The van der Waals surface area contributed by atoms with Gasteiger partial charge in [-0.1, -0.05) is 0 Å². The Morgan fingerprint density at radius 2 is 2.14 bits per heavy atom. The van der Waals surface area contributed by atoms with E-state index in [0.717, 1.165) is 12.8 Å². The summed E-state index contributed by atoms with van der Waals surface area (Å²) >= 11 is 0. The number of amides is 2. The van der Waals surface area contributed by atoms with E-state index in [9.17, 15) is 9.59 Å². The zero-order chi connectivity index (χ0) is 10.6. The molecule has 5 heteroatoms. The predicted octanol–water partition coefficient (Wildman–Crippen LogP) is -0.881. The fourth-order valence-electron chi connectivity index (χ4n) is 1.15. The van der Waals surface area contributed by atoms with E-state index in [1.54, 1.807) is 0 Å². The van der Waals surface area contributed by atoms with Crippen molar-refractivity contribution in [2.24, 2.45) is 5.73 Å². The number of primary amides is 1. The molecular formula is C9H17N3O2. The Balaban J connectivity index is 2.05. The Bertz CT molecular complexity index is 226. The number of rotatable bonds is 6. The lowest BCUT2D eigenvalue weighted by atomic mass is 10.2. The average Bonchev–Trinajstić information content (AvgIpc) is 2.83. The van der Waals surface area contributed by atoms with E-state index >= 15 is 0 Å². The Kier molecular flexibility index (Phi) is 3.88. The number of carbonyl (C=O) groups excluding carboxylic acids is 2. The zero-order valence-corrected chi connectivity index (χ0v) is 8.38. The van der Waals surface area contributed by atoms with Crippen molar-refractivity contribution in [2.75, 3.05) is 6.54 Å². The van der Waals surface area contributed by atoms with Crippen LogP contribution in [-0.2, 0) is 9.59 Å². The van der Waals surface area contributed by atoms with Crippen LogP contribution in [0.1, 0.15) is 26.2 Å². The number of hydrogen-bond acceptors (Lipinski definition) is 3. The largest absolute Gasteiger partial charge is 0.370 e. The summed E-state index contributed by atoms with van der Waals surface area (Å²) in [5.41, 5.74) is 5.01. The molecule has 5 nitrogen and oxygen atoms in total. The third-order valence-electron chi connectivity index (χ3n) is 2.06. The molecule has 1 atom stereocenters. The molecule has 0 spiro atoms. The molecule has 1 unspecified atom stereocenters. The molecular weight excluding hydrogens is 182 g/mol. The van der Waals surface area contributed by atoms with E-state index in [0.29, 0.717) is 6.04 Å². The summed E-state index contributed by atoms with van der Waals surface area (Å²) in [6, 6.07) is 0.341. The highest BCUT2D eigenvalue weighted by Gasteiger charge is 2.23. The summed E-state index contributed by atoms with van der Waals surface area (Å²) in [7, 11) is 0. The molecule has 1 fully saturated rings. The van der Waals surface area contributed by atoms with Crippen LogP contribution in [0.2, 0.25) is 0 Å². The molecule has 0 aliphatic heterocycles. The minimum Gasteiger partial charge on any atom is -0.370 e. The second kappa shape index (κ2) is 4.95. The van der Waals surface area contributed by atoms with Crippen molar-refractivity contribution in [3.05, 3.63) is 0 Å². The molecule has 0 bridgehead atoms. The smallest absolute Gasteiger partial charge is 0.234 e. The molecule has 1 aliphatic carbocycles. The van der Waals surface area contributed by atoms with Crippen molar-refractivity contribution in [1.82, 2.24) is 10.6 Å². The van der Waals surface area contributed by atoms with Gasteiger partial charge in [-0.15, -0.1) is 0 Å². The summed E-state index contributed by atoms with van der Waals surface area (Å²) in [5.74, 6) is -0.364. The van der Waals surface area contributed by atoms with Gasteiger partial charge in [0.1, 0.15) is 0 Å². The fourth-order valence-corrected chi connectivity index (χ4v) is 1.15. The number of carbonyl (C=O) groups is 2. The third kappa shape index (κ3) is 4.81. The Morgan fingerprint density at radius 1 is 1.50 bits per heavy atom. The van der Waals surface area contributed by atoms with Crippen molar-refractivity contribution in [3.8, 4) is 0 Å². The maximum absolute atomic E-state index is 11.2. The third-order valence-corrected chi connectivity index (χ3v) is 2.06. The summed E-state index contributed by atoms with van der Waals surface area (Å²) < 4.78 is 0. The van der Waals surface area contributed by atoms with Crippen LogP contribution >= 0.6 is 0 Å². The first-order valence-corrected chi connectivity index (χ1v) is 4.89. The highest BCUT2D eigenvalue weighted by atomic mass is 16.2. The van der Waals surface area contributed by atoms with E-state index in [4.69, 9.17) is 5.73 Å². The van der Waals surface area contributed by atoms with Crippen molar-refractivity contribution >= 4 is 11.8 Å². The predicted molar refractivity (Wildman–Crippen MR) is 52.4 cm³/mol. The van der Waals surface area contributed by atoms with Gasteiger partial charge < -0.3 is 16.4 Å². The fraction of sp³-hybridized carbons (Fsp3) is 0.778. The van der Waals surface area contributed by atoms with Crippen LogP contribution < -0.4 is 16.4 Å². The molecule has 2 amide bonds. The van der Waals surface area contributed by atoms with Crippen molar-refractivity contribution < 1.29 is 9.59 Å². The molecule has 14 heavy (non-hydrogen) atoms. The van der Waals surface area contributed by atoms with Gasteiger partial charge in [-0.2, -0.15) is 0 Å². The standard InChI is InChI=1S/C9H17N3O2/c1-6(4-8(10)13)11-5-9(14)12-7-2-3-7/h6-7,11H,2-5H2,1H3,(H2,10,13)(H,12,14). The molecule has 0 aromatic rings. The van der Waals surface area contributed by atoms with E-state index < -0.39 is 0 Å². The lowest BCUT2D eigenvalue weighted by Crippen LogP contribution is -2.40. The summed E-state index contributed by atoms with van der Waals surface area (Å²) in [4.78, 5) is 21.7. The maximum Gasteiger partial charge on any atom is 0.234 e. The van der Waals surface area contributed by atoms with Crippen LogP contribution in [0.5, 0.6) is 0 Å². The Labute approximate surface area is 83.4 Å². The minimum absolute atomic E-state index is 0.0104. The van der Waals surface area contributed by atoms with Gasteiger partial charge in [0.15, 0.2) is 0 Å². The first-order chi connectivity index (χ1) is 6.58. The molecule has 0 aromatic heterocycles. The monoisotopic (exact) mass is 199 g/mol. The van der Waals surface area contributed by atoms with Gasteiger partial charge in [0.05, 0.1) is 6.54 Å². The molecule has 4 N–H and O–H groups in total. The van der Waals surface area contributed by atoms with E-state index in [-0.39, 0.29) is 30.8 Å². The summed E-state index contributed by atoms with van der Waals surface area (Å²) in [6.45, 7) is 2.08. The molecule has 0 radical (unpaired) electrons. The average molecular weight is 199 g/mol. The van der Waals surface area contributed by atoms with E-state index in [1.165, 1.54) is 0 Å². The van der Waals surface area contributed by atoms with Crippen LogP contribution in [0.4, 0.5) is 0 Å². The molecule has 0 heterocycles. The lowest BCUT2D eigenvalue weighted by molar-refractivity contribution is -0.121. The first kappa shape index (κ1) is 11.0. The topological polar surface area (TPSA) is 84.2 Å². The first-order valence-electron chi connectivity index (χ1n) is 4.89. The van der Waals surface area contributed by atoms with E-state index in [2.05, 4.69) is 10.6 Å². The normalized spacial score (nSPS) is 17.5. The van der Waals surface area contributed by atoms with Gasteiger partial charge in [0.2, 0.25) is 11.8 Å². The molecule has 80 valence electrons. The number of nitrogens with one attached hydrogen (secondary N) is 2. The van der Waals surface area contributed by atoms with Crippen LogP contribution in [0, 0.1) is 0 Å². The van der Waals surface area contributed by atoms with Crippen LogP contribution in [0.25, 0.3) is 0 Å². The van der Waals surface area contributed by atoms with Gasteiger partial charge in [0, 0.05) is 18.5 Å². The Morgan fingerprint density at radius 3 is 2.64 bits per heavy atom. The molecule has 1 saturated carbocycles. The second-order valence-corrected chi connectivity index (χ2v) is 3.79. The summed E-state index contributed by atoms with van der Waals surface area (Å²) in [6.07, 6.45) is 2.43. The van der Waals surface area contributed by atoms with Crippen molar-refractivity contribution in [3.63, 3.8) is 0 Å². The minimum atomic E-state index is -0.354. The SMILES string of the molecule is CC(CC(N)=O)NCC(=O)NC1CC1. The maximum atomic E-state index is 11.2. The van der Waals surface area contributed by atoms with Crippen LogP contribution in [0.15, 0.2) is 0 Å².